The zero-order valence-corrected chi connectivity index (χ0v) is 9.69. The first kappa shape index (κ1) is 11.8. The van der Waals surface area contributed by atoms with E-state index in [4.69, 9.17) is 4.74 Å². The Bertz CT molecular complexity index is 254. The molecule has 2 N–H and O–H groups in total. The predicted octanol–water partition coefficient (Wildman–Crippen LogP) is -0.796. The van der Waals surface area contributed by atoms with Gasteiger partial charge in [0.1, 0.15) is 6.10 Å². The van der Waals surface area contributed by atoms with Gasteiger partial charge in [0.25, 0.3) is 5.91 Å². The average Bonchev–Trinajstić information content (AvgIpc) is 2.33. The Hall–Kier alpha value is -0.650. The molecule has 3 unspecified atom stereocenters. The summed E-state index contributed by atoms with van der Waals surface area (Å²) in [6.45, 7) is 5.28. The number of ether oxygens (including phenoxy) is 1. The lowest BCUT2D eigenvalue weighted by Crippen LogP contribution is -2.53. The number of likely N-dealkylation sites (tertiary alicyclic amines) is 1. The first-order chi connectivity index (χ1) is 7.68. The molecule has 0 saturated carbocycles. The first-order valence-corrected chi connectivity index (χ1v) is 5.97. The van der Waals surface area contributed by atoms with Crippen LogP contribution in [0.2, 0.25) is 0 Å². The van der Waals surface area contributed by atoms with Crippen LogP contribution >= 0.6 is 0 Å². The standard InChI is InChI=1S/C11H20N2O3/c1-8-7-13(4-2-9(8)14)11(15)10-6-12-3-5-16-10/h8-10,12,14H,2-7H2,1H3. The molecule has 2 rings (SSSR count). The molecule has 0 aromatic rings. The van der Waals surface area contributed by atoms with Crippen LogP contribution in [0.4, 0.5) is 0 Å². The van der Waals surface area contributed by atoms with Crippen LogP contribution in [-0.4, -0.2) is 60.9 Å². The van der Waals surface area contributed by atoms with Crippen LogP contribution < -0.4 is 5.32 Å². The van der Waals surface area contributed by atoms with Gasteiger partial charge in [-0.2, -0.15) is 0 Å². The molecule has 0 spiro atoms. The lowest BCUT2D eigenvalue weighted by atomic mass is 9.96. The van der Waals surface area contributed by atoms with E-state index in [2.05, 4.69) is 5.32 Å². The fourth-order valence-corrected chi connectivity index (χ4v) is 2.26. The number of hydrogen-bond donors (Lipinski definition) is 2. The average molecular weight is 228 g/mol. The minimum absolute atomic E-state index is 0.0611. The van der Waals surface area contributed by atoms with Crippen LogP contribution in [0.15, 0.2) is 0 Å². The van der Waals surface area contributed by atoms with Crippen molar-refractivity contribution in [3.8, 4) is 0 Å². The largest absolute Gasteiger partial charge is 0.393 e. The highest BCUT2D eigenvalue weighted by atomic mass is 16.5. The van der Waals surface area contributed by atoms with Crippen molar-refractivity contribution in [3.63, 3.8) is 0 Å². The van der Waals surface area contributed by atoms with Gasteiger partial charge in [-0.25, -0.2) is 0 Å². The van der Waals surface area contributed by atoms with Crippen molar-refractivity contribution in [1.29, 1.82) is 0 Å². The quantitative estimate of drug-likeness (QED) is 0.617. The van der Waals surface area contributed by atoms with Gasteiger partial charge in [0, 0.05) is 26.2 Å². The highest BCUT2D eigenvalue weighted by molar-refractivity contribution is 5.81. The topological polar surface area (TPSA) is 61.8 Å². The van der Waals surface area contributed by atoms with E-state index in [9.17, 15) is 9.90 Å². The highest BCUT2D eigenvalue weighted by Gasteiger charge is 2.32. The minimum Gasteiger partial charge on any atom is -0.393 e. The summed E-state index contributed by atoms with van der Waals surface area (Å²) >= 11 is 0. The highest BCUT2D eigenvalue weighted by Crippen LogP contribution is 2.17. The molecule has 1 amide bonds. The Morgan fingerprint density at radius 2 is 2.38 bits per heavy atom. The third-order valence-electron chi connectivity index (χ3n) is 3.37. The Balaban J connectivity index is 1.89. The summed E-state index contributed by atoms with van der Waals surface area (Å²) < 4.78 is 5.44. The molecule has 3 atom stereocenters. The maximum Gasteiger partial charge on any atom is 0.253 e. The van der Waals surface area contributed by atoms with Gasteiger partial charge in [-0.1, -0.05) is 6.92 Å². The van der Waals surface area contributed by atoms with Gasteiger partial charge < -0.3 is 20.1 Å². The Morgan fingerprint density at radius 1 is 1.56 bits per heavy atom. The minimum atomic E-state index is -0.337. The SMILES string of the molecule is CC1CN(C(=O)C2CNCCO2)CCC1O. The van der Waals surface area contributed by atoms with E-state index in [1.165, 1.54) is 0 Å². The zero-order chi connectivity index (χ0) is 11.5. The van der Waals surface area contributed by atoms with Crippen molar-refractivity contribution in [3.05, 3.63) is 0 Å². The number of amides is 1. The van der Waals surface area contributed by atoms with E-state index in [1.54, 1.807) is 0 Å². The Morgan fingerprint density at radius 3 is 3.00 bits per heavy atom. The molecule has 2 fully saturated rings. The first-order valence-electron chi connectivity index (χ1n) is 5.97. The van der Waals surface area contributed by atoms with Crippen LogP contribution in [0.5, 0.6) is 0 Å². The number of aliphatic hydroxyl groups excluding tert-OH is 1. The molecular weight excluding hydrogens is 208 g/mol. The molecule has 2 saturated heterocycles. The van der Waals surface area contributed by atoms with Crippen LogP contribution in [0, 0.1) is 5.92 Å². The van der Waals surface area contributed by atoms with E-state index in [1.807, 2.05) is 11.8 Å². The molecule has 0 aromatic heterocycles. The second kappa shape index (κ2) is 5.12. The molecule has 2 aliphatic heterocycles. The number of carbonyl (C=O) groups excluding carboxylic acids is 1. The number of piperidine rings is 1. The van der Waals surface area contributed by atoms with Crippen molar-refractivity contribution >= 4 is 5.91 Å². The number of aliphatic hydroxyl groups is 1. The van der Waals surface area contributed by atoms with Gasteiger partial charge in [-0.15, -0.1) is 0 Å². The summed E-state index contributed by atoms with van der Waals surface area (Å²) in [5, 5.41) is 12.8. The summed E-state index contributed by atoms with van der Waals surface area (Å²) in [5.41, 5.74) is 0. The molecule has 0 bridgehead atoms. The van der Waals surface area contributed by atoms with E-state index < -0.39 is 0 Å². The summed E-state index contributed by atoms with van der Waals surface area (Å²) in [6, 6.07) is 0. The molecule has 92 valence electrons. The van der Waals surface area contributed by atoms with Gasteiger partial charge in [0.15, 0.2) is 0 Å². The zero-order valence-electron chi connectivity index (χ0n) is 9.69. The fraction of sp³-hybridized carbons (Fsp3) is 0.909. The van der Waals surface area contributed by atoms with Crippen molar-refractivity contribution in [1.82, 2.24) is 10.2 Å². The van der Waals surface area contributed by atoms with Gasteiger partial charge >= 0.3 is 0 Å². The predicted molar refractivity (Wildman–Crippen MR) is 59.0 cm³/mol. The van der Waals surface area contributed by atoms with Crippen molar-refractivity contribution in [2.75, 3.05) is 32.8 Å². The molecular formula is C11H20N2O3. The molecule has 5 nitrogen and oxygen atoms in total. The maximum atomic E-state index is 12.1. The number of rotatable bonds is 1. The fourth-order valence-electron chi connectivity index (χ4n) is 2.26. The molecule has 0 radical (unpaired) electrons. The second-order valence-corrected chi connectivity index (χ2v) is 4.68. The number of morpholine rings is 1. The summed E-state index contributed by atoms with van der Waals surface area (Å²) in [5.74, 6) is 0.222. The number of nitrogens with one attached hydrogen (secondary N) is 1. The Kier molecular flexibility index (Phi) is 3.78. The van der Waals surface area contributed by atoms with Crippen LogP contribution in [-0.2, 0) is 9.53 Å². The molecule has 0 aliphatic carbocycles. The smallest absolute Gasteiger partial charge is 0.253 e. The second-order valence-electron chi connectivity index (χ2n) is 4.68. The molecule has 2 aliphatic rings. The van der Waals surface area contributed by atoms with Crippen molar-refractivity contribution in [2.24, 2.45) is 5.92 Å². The van der Waals surface area contributed by atoms with E-state index in [-0.39, 0.29) is 24.0 Å². The molecule has 2 heterocycles. The third kappa shape index (κ3) is 2.53. The number of nitrogens with zero attached hydrogens (tertiary/aromatic N) is 1. The Labute approximate surface area is 95.8 Å². The van der Waals surface area contributed by atoms with Crippen molar-refractivity contribution in [2.45, 2.75) is 25.6 Å². The molecule has 5 heteroatoms. The van der Waals surface area contributed by atoms with E-state index in [0.717, 1.165) is 6.54 Å². The summed E-state index contributed by atoms with van der Waals surface area (Å²) in [4.78, 5) is 13.9. The normalized spacial score (nSPS) is 36.1. The van der Waals surface area contributed by atoms with Gasteiger partial charge in [-0.3, -0.25) is 4.79 Å². The summed E-state index contributed by atoms with van der Waals surface area (Å²) in [6.07, 6.45) is 0.0678. The molecule has 0 aromatic carbocycles. The molecule has 16 heavy (non-hydrogen) atoms. The van der Waals surface area contributed by atoms with Gasteiger partial charge in [0.2, 0.25) is 0 Å². The van der Waals surface area contributed by atoms with E-state index >= 15 is 0 Å². The monoisotopic (exact) mass is 228 g/mol. The number of hydrogen-bond acceptors (Lipinski definition) is 4. The van der Waals surface area contributed by atoms with Gasteiger partial charge in [0.05, 0.1) is 12.7 Å². The maximum absolute atomic E-state index is 12.1. The lowest BCUT2D eigenvalue weighted by Gasteiger charge is -2.37. The lowest BCUT2D eigenvalue weighted by molar-refractivity contribution is -0.148. The number of carbonyl (C=O) groups is 1. The van der Waals surface area contributed by atoms with Gasteiger partial charge in [-0.05, 0) is 12.3 Å². The third-order valence-corrected chi connectivity index (χ3v) is 3.37. The van der Waals surface area contributed by atoms with Crippen LogP contribution in [0.3, 0.4) is 0 Å². The van der Waals surface area contributed by atoms with Crippen LogP contribution in [0.1, 0.15) is 13.3 Å². The van der Waals surface area contributed by atoms with Crippen LogP contribution in [0.25, 0.3) is 0 Å². The van der Waals surface area contributed by atoms with Crippen molar-refractivity contribution < 1.29 is 14.6 Å². The summed E-state index contributed by atoms with van der Waals surface area (Å²) in [7, 11) is 0. The van der Waals surface area contributed by atoms with E-state index in [0.29, 0.717) is 32.7 Å².